The number of aliphatic carboxylic acids is 1. The molecule has 0 amide bonds. The van der Waals surface area contributed by atoms with E-state index in [-0.39, 0.29) is 11.8 Å². The summed E-state index contributed by atoms with van der Waals surface area (Å²) in [5.74, 6) is 0.0704. The molecule has 0 saturated heterocycles. The SMILES string of the molecule is CCN1CC(CC(C)C(=O)O)c2cc(OC)ccc21. The number of ether oxygens (including phenoxy) is 1. The van der Waals surface area contributed by atoms with Gasteiger partial charge in [-0.05, 0) is 37.1 Å². The summed E-state index contributed by atoms with van der Waals surface area (Å²) < 4.78 is 5.27. The molecular weight excluding hydrogens is 242 g/mol. The lowest BCUT2D eigenvalue weighted by atomic mass is 9.91. The van der Waals surface area contributed by atoms with E-state index in [9.17, 15) is 4.79 Å². The van der Waals surface area contributed by atoms with E-state index in [1.54, 1.807) is 14.0 Å². The fourth-order valence-electron chi connectivity index (χ4n) is 2.77. The number of anilines is 1. The van der Waals surface area contributed by atoms with Crippen LogP contribution in [0.5, 0.6) is 5.75 Å². The fraction of sp³-hybridized carbons (Fsp3) is 0.533. The summed E-state index contributed by atoms with van der Waals surface area (Å²) in [6.07, 6.45) is 0.673. The van der Waals surface area contributed by atoms with Crippen molar-refractivity contribution < 1.29 is 14.6 Å². The first kappa shape index (κ1) is 13.7. The molecule has 0 saturated carbocycles. The van der Waals surface area contributed by atoms with Gasteiger partial charge >= 0.3 is 5.97 Å². The molecule has 2 rings (SSSR count). The molecule has 1 aliphatic rings. The predicted octanol–water partition coefficient (Wildman–Crippen LogP) is 2.73. The Kier molecular flexibility index (Phi) is 3.98. The molecular formula is C15H21NO3. The van der Waals surface area contributed by atoms with Gasteiger partial charge in [-0.2, -0.15) is 0 Å². The average molecular weight is 263 g/mol. The van der Waals surface area contributed by atoms with E-state index < -0.39 is 5.97 Å². The molecule has 4 nitrogen and oxygen atoms in total. The van der Waals surface area contributed by atoms with Crippen LogP contribution in [0.25, 0.3) is 0 Å². The second kappa shape index (κ2) is 5.51. The lowest BCUT2D eigenvalue weighted by Gasteiger charge is -2.17. The number of fused-ring (bicyclic) bond motifs is 1. The van der Waals surface area contributed by atoms with Crippen molar-refractivity contribution in [1.29, 1.82) is 0 Å². The molecule has 19 heavy (non-hydrogen) atoms. The van der Waals surface area contributed by atoms with Gasteiger partial charge in [0.25, 0.3) is 0 Å². The molecule has 0 spiro atoms. The molecule has 1 aromatic carbocycles. The van der Waals surface area contributed by atoms with Crippen LogP contribution in [0.4, 0.5) is 5.69 Å². The van der Waals surface area contributed by atoms with Gasteiger partial charge in [0.15, 0.2) is 0 Å². The van der Waals surface area contributed by atoms with Crippen molar-refractivity contribution >= 4 is 11.7 Å². The van der Waals surface area contributed by atoms with Gasteiger partial charge < -0.3 is 14.7 Å². The van der Waals surface area contributed by atoms with Crippen molar-refractivity contribution in [3.05, 3.63) is 23.8 Å². The van der Waals surface area contributed by atoms with Gasteiger partial charge in [-0.3, -0.25) is 4.79 Å². The zero-order valence-corrected chi connectivity index (χ0v) is 11.7. The molecule has 0 aliphatic carbocycles. The predicted molar refractivity (Wildman–Crippen MR) is 75.0 cm³/mol. The molecule has 4 heteroatoms. The molecule has 1 N–H and O–H groups in total. The summed E-state index contributed by atoms with van der Waals surface area (Å²) in [6.45, 7) is 5.74. The quantitative estimate of drug-likeness (QED) is 0.887. The van der Waals surface area contributed by atoms with Crippen LogP contribution in [0.3, 0.4) is 0 Å². The Hall–Kier alpha value is -1.71. The molecule has 2 atom stereocenters. The second-order valence-electron chi connectivity index (χ2n) is 5.14. The zero-order valence-electron chi connectivity index (χ0n) is 11.7. The number of benzene rings is 1. The van der Waals surface area contributed by atoms with Crippen LogP contribution >= 0.6 is 0 Å². The highest BCUT2D eigenvalue weighted by atomic mass is 16.5. The van der Waals surface area contributed by atoms with Gasteiger partial charge in [0.1, 0.15) is 5.75 Å². The Balaban J connectivity index is 2.27. The molecule has 1 aromatic rings. The Bertz CT molecular complexity index is 472. The molecule has 0 aromatic heterocycles. The number of carboxylic acids is 1. The minimum atomic E-state index is -0.723. The molecule has 0 bridgehead atoms. The van der Waals surface area contributed by atoms with Gasteiger partial charge in [-0.1, -0.05) is 6.92 Å². The third-order valence-electron chi connectivity index (χ3n) is 3.90. The van der Waals surface area contributed by atoms with E-state index in [1.165, 1.54) is 11.3 Å². The molecule has 0 fully saturated rings. The van der Waals surface area contributed by atoms with E-state index in [0.29, 0.717) is 6.42 Å². The Morgan fingerprint density at radius 1 is 1.58 bits per heavy atom. The largest absolute Gasteiger partial charge is 0.497 e. The molecule has 1 heterocycles. The fourth-order valence-corrected chi connectivity index (χ4v) is 2.77. The lowest BCUT2D eigenvalue weighted by Crippen LogP contribution is -2.22. The lowest BCUT2D eigenvalue weighted by molar-refractivity contribution is -0.141. The maximum absolute atomic E-state index is 11.0. The Morgan fingerprint density at radius 3 is 2.89 bits per heavy atom. The number of carboxylic acid groups (broad SMARTS) is 1. The number of nitrogens with zero attached hydrogens (tertiary/aromatic N) is 1. The van der Waals surface area contributed by atoms with Crippen molar-refractivity contribution in [2.75, 3.05) is 25.1 Å². The van der Waals surface area contributed by atoms with Crippen molar-refractivity contribution in [1.82, 2.24) is 0 Å². The first-order valence-corrected chi connectivity index (χ1v) is 6.72. The van der Waals surface area contributed by atoms with Crippen molar-refractivity contribution in [3.8, 4) is 5.75 Å². The summed E-state index contributed by atoms with van der Waals surface area (Å²) in [7, 11) is 1.66. The minimum Gasteiger partial charge on any atom is -0.497 e. The first-order valence-electron chi connectivity index (χ1n) is 6.72. The highest BCUT2D eigenvalue weighted by Crippen LogP contribution is 2.41. The van der Waals surface area contributed by atoms with Crippen LogP contribution in [-0.4, -0.2) is 31.3 Å². The number of hydrogen-bond donors (Lipinski definition) is 1. The third-order valence-corrected chi connectivity index (χ3v) is 3.90. The maximum Gasteiger partial charge on any atom is 0.306 e. The second-order valence-corrected chi connectivity index (χ2v) is 5.14. The van der Waals surface area contributed by atoms with Gasteiger partial charge in [0.2, 0.25) is 0 Å². The van der Waals surface area contributed by atoms with Crippen LogP contribution in [0.2, 0.25) is 0 Å². The summed E-state index contributed by atoms with van der Waals surface area (Å²) in [5, 5.41) is 9.08. The van der Waals surface area contributed by atoms with E-state index in [4.69, 9.17) is 9.84 Å². The average Bonchev–Trinajstić information content (AvgIpc) is 2.75. The van der Waals surface area contributed by atoms with Gasteiger partial charge in [-0.15, -0.1) is 0 Å². The highest BCUT2D eigenvalue weighted by molar-refractivity contribution is 5.70. The highest BCUT2D eigenvalue weighted by Gasteiger charge is 2.30. The Morgan fingerprint density at radius 2 is 2.32 bits per heavy atom. The van der Waals surface area contributed by atoms with Gasteiger partial charge in [0, 0.05) is 24.7 Å². The van der Waals surface area contributed by atoms with Crippen LogP contribution in [0.15, 0.2) is 18.2 Å². The summed E-state index contributed by atoms with van der Waals surface area (Å²) >= 11 is 0. The number of methoxy groups -OCH3 is 1. The van der Waals surface area contributed by atoms with Crippen molar-refractivity contribution in [2.45, 2.75) is 26.2 Å². The van der Waals surface area contributed by atoms with Crippen LogP contribution in [0.1, 0.15) is 31.7 Å². The smallest absolute Gasteiger partial charge is 0.306 e. The minimum absolute atomic E-state index is 0.274. The summed E-state index contributed by atoms with van der Waals surface area (Å²) in [6, 6.07) is 6.08. The third kappa shape index (κ3) is 2.67. The van der Waals surface area contributed by atoms with E-state index in [2.05, 4.69) is 17.9 Å². The summed E-state index contributed by atoms with van der Waals surface area (Å²) in [5.41, 5.74) is 2.43. The summed E-state index contributed by atoms with van der Waals surface area (Å²) in [4.78, 5) is 13.3. The molecule has 104 valence electrons. The van der Waals surface area contributed by atoms with Crippen molar-refractivity contribution in [2.24, 2.45) is 5.92 Å². The maximum atomic E-state index is 11.0. The van der Waals surface area contributed by atoms with E-state index in [0.717, 1.165) is 18.8 Å². The standard InChI is InChI=1S/C15H21NO3/c1-4-16-9-11(7-10(2)15(17)18)13-8-12(19-3)5-6-14(13)16/h5-6,8,10-11H,4,7,9H2,1-3H3,(H,17,18). The van der Waals surface area contributed by atoms with Crippen LogP contribution < -0.4 is 9.64 Å². The van der Waals surface area contributed by atoms with E-state index in [1.807, 2.05) is 12.1 Å². The number of carbonyl (C=O) groups is 1. The van der Waals surface area contributed by atoms with E-state index >= 15 is 0 Å². The Labute approximate surface area is 114 Å². The van der Waals surface area contributed by atoms with Gasteiger partial charge in [-0.25, -0.2) is 0 Å². The van der Waals surface area contributed by atoms with Gasteiger partial charge in [0.05, 0.1) is 13.0 Å². The molecule has 1 aliphatic heterocycles. The normalized spacial score (nSPS) is 19.1. The number of likely N-dealkylation sites (N-methyl/N-ethyl adjacent to an activating group) is 1. The molecule has 0 radical (unpaired) electrons. The number of rotatable bonds is 5. The van der Waals surface area contributed by atoms with Crippen LogP contribution in [0, 0.1) is 5.92 Å². The van der Waals surface area contributed by atoms with Crippen molar-refractivity contribution in [3.63, 3.8) is 0 Å². The zero-order chi connectivity index (χ0) is 14.0. The monoisotopic (exact) mass is 263 g/mol. The molecule has 2 unspecified atom stereocenters. The topological polar surface area (TPSA) is 49.8 Å². The first-order chi connectivity index (χ1) is 9.06. The van der Waals surface area contributed by atoms with Crippen LogP contribution in [-0.2, 0) is 4.79 Å². The number of hydrogen-bond acceptors (Lipinski definition) is 3.